The highest BCUT2D eigenvalue weighted by Crippen LogP contribution is 2.53. The molecule has 0 unspecified atom stereocenters. The molecule has 4 atom stereocenters. The Labute approximate surface area is 206 Å². The number of carbonyl (C=O) groups excluding carboxylic acids is 3. The average molecular weight is 492 g/mol. The fourth-order valence-electron chi connectivity index (χ4n) is 6.04. The number of rotatable bonds is 3. The number of ketones is 2. The molecule has 3 aliphatic carbocycles. The second-order valence-electron chi connectivity index (χ2n) is 9.69. The average Bonchev–Trinajstić information content (AvgIpc) is 2.81. The molecule has 0 saturated heterocycles. The summed E-state index contributed by atoms with van der Waals surface area (Å²) in [7, 11) is 3.12. The van der Waals surface area contributed by atoms with Gasteiger partial charge in [0.2, 0.25) is 5.78 Å². The van der Waals surface area contributed by atoms with E-state index in [1.807, 2.05) is 6.07 Å². The summed E-state index contributed by atoms with van der Waals surface area (Å²) < 4.78 is 0. The molecular formula is C26H25N3O7. The van der Waals surface area contributed by atoms with Crippen LogP contribution in [0.1, 0.15) is 17.5 Å². The molecule has 1 aromatic heterocycles. The van der Waals surface area contributed by atoms with Crippen molar-refractivity contribution in [3.05, 3.63) is 64.7 Å². The number of pyridine rings is 1. The van der Waals surface area contributed by atoms with Crippen molar-refractivity contribution >= 4 is 23.2 Å². The van der Waals surface area contributed by atoms with Crippen molar-refractivity contribution in [1.29, 1.82) is 0 Å². The van der Waals surface area contributed by atoms with Crippen molar-refractivity contribution in [2.45, 2.75) is 24.5 Å². The molecule has 0 radical (unpaired) electrons. The number of phenolic OH excluding ortho intramolecular Hbond substituents is 1. The third-order valence-corrected chi connectivity index (χ3v) is 7.58. The normalized spacial score (nSPS) is 27.6. The van der Waals surface area contributed by atoms with Gasteiger partial charge >= 0.3 is 0 Å². The standard InChI is InChI=1S/C26H25N3O7/c1-29(2)20-15-9-12-8-14-13(11-4-3-7-28-10-11)5-6-16(30)18(14)21(31)17(12)23(33)26(15,36)24(34)19(22(20)32)25(27)35/h3-7,10,12,15,20,30-31,34,36H,8-9H2,1-2H3,(H2,27,35)/t12-,15-,20-,26-/m0/s1. The number of likely N-dealkylation sites (N-methyl/N-ethyl adjacent to an activating group) is 1. The minimum absolute atomic E-state index is 0.0356. The Bertz CT molecular complexity index is 1400. The summed E-state index contributed by atoms with van der Waals surface area (Å²) in [5.41, 5.74) is 3.76. The number of benzene rings is 1. The van der Waals surface area contributed by atoms with Gasteiger partial charge in [-0.3, -0.25) is 24.3 Å². The number of hydrogen-bond acceptors (Lipinski definition) is 9. The van der Waals surface area contributed by atoms with E-state index < -0.39 is 58.0 Å². The van der Waals surface area contributed by atoms with Crippen molar-refractivity contribution in [3.63, 3.8) is 0 Å². The summed E-state index contributed by atoms with van der Waals surface area (Å²) in [4.78, 5) is 44.6. The number of hydrogen-bond donors (Lipinski definition) is 5. The van der Waals surface area contributed by atoms with E-state index in [9.17, 15) is 34.8 Å². The first-order valence-electron chi connectivity index (χ1n) is 11.4. The van der Waals surface area contributed by atoms with E-state index in [2.05, 4.69) is 4.98 Å². The van der Waals surface area contributed by atoms with E-state index >= 15 is 0 Å². The van der Waals surface area contributed by atoms with E-state index in [0.717, 1.165) is 5.56 Å². The van der Waals surface area contributed by atoms with Crippen molar-refractivity contribution < 1.29 is 34.8 Å². The number of carbonyl (C=O) groups is 3. The van der Waals surface area contributed by atoms with Crippen LogP contribution in [0.3, 0.4) is 0 Å². The van der Waals surface area contributed by atoms with Gasteiger partial charge in [-0.2, -0.15) is 0 Å². The Morgan fingerprint density at radius 2 is 1.89 bits per heavy atom. The summed E-state index contributed by atoms with van der Waals surface area (Å²) in [6.45, 7) is 0. The summed E-state index contributed by atoms with van der Waals surface area (Å²) >= 11 is 0. The highest BCUT2D eigenvalue weighted by Gasteiger charge is 2.64. The highest BCUT2D eigenvalue weighted by molar-refractivity contribution is 6.24. The van der Waals surface area contributed by atoms with Gasteiger partial charge in [0, 0.05) is 29.4 Å². The van der Waals surface area contributed by atoms with E-state index in [-0.39, 0.29) is 29.7 Å². The number of fused-ring (bicyclic) bond motifs is 3. The molecule has 1 aromatic carbocycles. The third kappa shape index (κ3) is 3.04. The van der Waals surface area contributed by atoms with Gasteiger partial charge in [0.1, 0.15) is 22.8 Å². The molecule has 186 valence electrons. The third-order valence-electron chi connectivity index (χ3n) is 7.58. The van der Waals surface area contributed by atoms with Crippen molar-refractivity contribution in [2.24, 2.45) is 17.6 Å². The number of phenols is 1. The van der Waals surface area contributed by atoms with Gasteiger partial charge in [-0.05, 0) is 56.1 Å². The van der Waals surface area contributed by atoms with Gasteiger partial charge in [-0.25, -0.2) is 0 Å². The minimum Gasteiger partial charge on any atom is -0.508 e. The summed E-state index contributed by atoms with van der Waals surface area (Å²) in [5.74, 6) is -6.71. The van der Waals surface area contributed by atoms with Crippen LogP contribution in [0.5, 0.6) is 5.75 Å². The van der Waals surface area contributed by atoms with Crippen LogP contribution in [0.4, 0.5) is 0 Å². The molecule has 1 amide bonds. The number of primary amides is 1. The number of aliphatic hydroxyl groups excluding tert-OH is 2. The first kappa shape index (κ1) is 23.7. The van der Waals surface area contributed by atoms with Crippen LogP contribution < -0.4 is 5.73 Å². The molecule has 10 nitrogen and oxygen atoms in total. The van der Waals surface area contributed by atoms with Crippen LogP contribution in [-0.4, -0.2) is 73.5 Å². The van der Waals surface area contributed by atoms with Crippen molar-refractivity contribution in [2.75, 3.05) is 14.1 Å². The molecule has 2 aromatic rings. The largest absolute Gasteiger partial charge is 0.508 e. The lowest BCUT2D eigenvalue weighted by atomic mass is 9.57. The van der Waals surface area contributed by atoms with Crippen molar-refractivity contribution in [3.8, 4) is 16.9 Å². The molecule has 36 heavy (non-hydrogen) atoms. The second kappa shape index (κ2) is 8.00. The number of aromatic nitrogens is 1. The first-order valence-corrected chi connectivity index (χ1v) is 11.4. The van der Waals surface area contributed by atoms with E-state index in [1.165, 1.54) is 11.0 Å². The van der Waals surface area contributed by atoms with Gasteiger partial charge in [-0.15, -0.1) is 0 Å². The first-order chi connectivity index (χ1) is 17.0. The van der Waals surface area contributed by atoms with Crippen LogP contribution in [0.2, 0.25) is 0 Å². The van der Waals surface area contributed by atoms with Crippen LogP contribution in [0.25, 0.3) is 16.9 Å². The summed E-state index contributed by atoms with van der Waals surface area (Å²) in [6, 6.07) is 5.56. The number of aliphatic hydroxyl groups is 3. The maximum absolute atomic E-state index is 13.8. The zero-order valence-electron chi connectivity index (χ0n) is 19.6. The van der Waals surface area contributed by atoms with E-state index in [0.29, 0.717) is 11.1 Å². The molecule has 5 rings (SSSR count). The van der Waals surface area contributed by atoms with Crippen LogP contribution >= 0.6 is 0 Å². The van der Waals surface area contributed by atoms with Crippen LogP contribution in [0.15, 0.2) is 53.6 Å². The van der Waals surface area contributed by atoms with Gasteiger partial charge in [-0.1, -0.05) is 12.1 Å². The Hall–Kier alpha value is -4.02. The quantitative estimate of drug-likeness (QED) is 0.393. The monoisotopic (exact) mass is 491 g/mol. The van der Waals surface area contributed by atoms with Crippen LogP contribution in [-0.2, 0) is 20.8 Å². The van der Waals surface area contributed by atoms with Gasteiger partial charge in [0.05, 0.1) is 11.6 Å². The molecule has 0 aliphatic heterocycles. The Kier molecular flexibility index (Phi) is 5.27. The Morgan fingerprint density at radius 3 is 2.50 bits per heavy atom. The molecule has 6 N–H and O–H groups in total. The molecule has 10 heteroatoms. The number of nitrogens with zero attached hydrogens (tertiary/aromatic N) is 2. The zero-order valence-corrected chi connectivity index (χ0v) is 19.6. The number of aromatic hydroxyl groups is 1. The lowest BCUT2D eigenvalue weighted by Crippen LogP contribution is -2.65. The predicted octanol–water partition coefficient (Wildman–Crippen LogP) is 1.03. The highest BCUT2D eigenvalue weighted by atomic mass is 16.3. The Morgan fingerprint density at radius 1 is 1.17 bits per heavy atom. The van der Waals surface area contributed by atoms with Gasteiger partial charge in [0.25, 0.3) is 5.91 Å². The number of nitrogens with two attached hydrogens (primary N) is 1. The molecular weight excluding hydrogens is 466 g/mol. The summed E-state index contributed by atoms with van der Waals surface area (Å²) in [6.07, 6.45) is 3.51. The molecule has 0 bridgehead atoms. The number of Topliss-reactive ketones (excluding diaryl/α,β-unsaturated/α-hetero) is 2. The van der Waals surface area contributed by atoms with E-state index in [4.69, 9.17) is 5.73 Å². The molecule has 3 aliphatic rings. The van der Waals surface area contributed by atoms with Crippen LogP contribution in [0, 0.1) is 11.8 Å². The summed E-state index contributed by atoms with van der Waals surface area (Å²) in [5, 5.41) is 44.4. The fourth-order valence-corrected chi connectivity index (χ4v) is 6.04. The zero-order chi connectivity index (χ0) is 26.1. The van der Waals surface area contributed by atoms with Crippen molar-refractivity contribution in [1.82, 2.24) is 9.88 Å². The molecule has 1 heterocycles. The SMILES string of the molecule is CN(C)[C@@H]1C(=O)C(C(N)=O)=C(O)[C@@]2(O)C(=O)C3=C(O)c4c(O)ccc(-c5cccnc5)c4C[C@H]3C[C@@H]12. The maximum Gasteiger partial charge on any atom is 0.255 e. The minimum atomic E-state index is -2.65. The smallest absolute Gasteiger partial charge is 0.255 e. The van der Waals surface area contributed by atoms with E-state index in [1.54, 1.807) is 38.6 Å². The lowest BCUT2D eigenvalue weighted by molar-refractivity contribution is -0.153. The number of amides is 1. The molecule has 1 fully saturated rings. The predicted molar refractivity (Wildman–Crippen MR) is 127 cm³/mol. The van der Waals surface area contributed by atoms with Gasteiger partial charge in [0.15, 0.2) is 11.4 Å². The fraction of sp³-hybridized carbons (Fsp3) is 0.308. The molecule has 0 spiro atoms. The van der Waals surface area contributed by atoms with Gasteiger partial charge < -0.3 is 26.2 Å². The maximum atomic E-state index is 13.8. The molecule has 1 saturated carbocycles. The topological polar surface area (TPSA) is 174 Å². The Balaban J connectivity index is 1.75. The lowest BCUT2D eigenvalue weighted by Gasteiger charge is -2.50. The second-order valence-corrected chi connectivity index (χ2v) is 9.69.